The van der Waals surface area contributed by atoms with Gasteiger partial charge in [-0.2, -0.15) is 5.10 Å². The largest absolute Gasteiger partial charge is 0.496 e. The summed E-state index contributed by atoms with van der Waals surface area (Å²) in [5.41, 5.74) is 3.56. The Bertz CT molecular complexity index is 1100. The van der Waals surface area contributed by atoms with Crippen LogP contribution < -0.4 is 10.3 Å². The molecule has 1 atom stereocenters. The van der Waals surface area contributed by atoms with Crippen LogP contribution in [0.25, 0.3) is 0 Å². The fourth-order valence-electron chi connectivity index (χ4n) is 3.78. The standard InChI is InChI=1S/C21H22N4O3/c1-23-12-18(19(28-3)8-20(23)26)21(27)25-11-14-6-4-5-7-16(14)17(13-25)15-9-22-24(2)10-15/h4-10,12,17H,11,13H2,1-3H3. The average molecular weight is 378 g/mol. The number of fused-ring (bicyclic) bond motifs is 1. The van der Waals surface area contributed by atoms with Gasteiger partial charge in [0.15, 0.2) is 0 Å². The zero-order valence-corrected chi connectivity index (χ0v) is 16.1. The highest BCUT2D eigenvalue weighted by atomic mass is 16.5. The number of aromatic nitrogens is 3. The molecule has 0 radical (unpaired) electrons. The lowest BCUT2D eigenvalue weighted by Gasteiger charge is -2.34. The number of benzene rings is 1. The second-order valence-corrected chi connectivity index (χ2v) is 7.09. The second-order valence-electron chi connectivity index (χ2n) is 7.09. The molecule has 4 rings (SSSR count). The van der Waals surface area contributed by atoms with Crippen molar-refractivity contribution < 1.29 is 9.53 Å². The van der Waals surface area contributed by atoms with Gasteiger partial charge in [0, 0.05) is 51.6 Å². The molecule has 0 aliphatic carbocycles. The molecule has 3 heterocycles. The predicted molar refractivity (Wildman–Crippen MR) is 104 cm³/mol. The van der Waals surface area contributed by atoms with Crippen molar-refractivity contribution in [3.05, 3.63) is 81.5 Å². The number of aryl methyl sites for hydroxylation is 2. The maximum Gasteiger partial charge on any atom is 0.259 e. The topological polar surface area (TPSA) is 69.4 Å². The van der Waals surface area contributed by atoms with Gasteiger partial charge in [0.2, 0.25) is 0 Å². The summed E-state index contributed by atoms with van der Waals surface area (Å²) in [5.74, 6) is 0.182. The minimum atomic E-state index is -0.217. The molecule has 7 heteroatoms. The number of carbonyl (C=O) groups excluding carboxylic acids is 1. The molecule has 1 unspecified atom stereocenters. The molecule has 3 aromatic rings. The highest BCUT2D eigenvalue weighted by Gasteiger charge is 2.31. The summed E-state index contributed by atoms with van der Waals surface area (Å²) in [7, 11) is 4.98. The van der Waals surface area contributed by atoms with E-state index in [0.717, 1.165) is 11.1 Å². The van der Waals surface area contributed by atoms with Gasteiger partial charge in [-0.1, -0.05) is 24.3 Å². The van der Waals surface area contributed by atoms with Crippen LogP contribution in [0.4, 0.5) is 0 Å². The smallest absolute Gasteiger partial charge is 0.259 e. The highest BCUT2D eigenvalue weighted by Crippen LogP contribution is 2.34. The Morgan fingerprint density at radius 3 is 2.71 bits per heavy atom. The first-order valence-electron chi connectivity index (χ1n) is 9.08. The van der Waals surface area contributed by atoms with Gasteiger partial charge in [-0.15, -0.1) is 0 Å². The first-order chi connectivity index (χ1) is 13.5. The van der Waals surface area contributed by atoms with Crippen molar-refractivity contribution in [2.24, 2.45) is 14.1 Å². The molecule has 1 aromatic carbocycles. The predicted octanol–water partition coefficient (Wildman–Crippen LogP) is 1.92. The summed E-state index contributed by atoms with van der Waals surface area (Å²) < 4.78 is 8.47. The third kappa shape index (κ3) is 3.09. The van der Waals surface area contributed by atoms with E-state index in [9.17, 15) is 9.59 Å². The monoisotopic (exact) mass is 378 g/mol. The van der Waals surface area contributed by atoms with E-state index < -0.39 is 0 Å². The number of rotatable bonds is 3. The molecule has 0 bridgehead atoms. The molecule has 0 spiro atoms. The van der Waals surface area contributed by atoms with E-state index in [1.54, 1.807) is 17.9 Å². The van der Waals surface area contributed by atoms with Crippen LogP contribution >= 0.6 is 0 Å². The van der Waals surface area contributed by atoms with Crippen LogP contribution in [0.15, 0.2) is 53.7 Å². The second kappa shape index (κ2) is 6.99. The fraction of sp³-hybridized carbons (Fsp3) is 0.286. The van der Waals surface area contributed by atoms with Gasteiger partial charge >= 0.3 is 0 Å². The lowest BCUT2D eigenvalue weighted by molar-refractivity contribution is 0.0720. The quantitative estimate of drug-likeness (QED) is 0.698. The van der Waals surface area contributed by atoms with Gasteiger partial charge in [-0.05, 0) is 16.7 Å². The van der Waals surface area contributed by atoms with Gasteiger partial charge < -0.3 is 14.2 Å². The van der Waals surface area contributed by atoms with Crippen molar-refractivity contribution in [2.45, 2.75) is 12.5 Å². The number of carbonyl (C=O) groups is 1. The molecule has 1 aliphatic rings. The normalized spacial score (nSPS) is 16.0. The van der Waals surface area contributed by atoms with Crippen LogP contribution in [0, 0.1) is 0 Å². The van der Waals surface area contributed by atoms with Crippen LogP contribution in [-0.2, 0) is 20.6 Å². The van der Waals surface area contributed by atoms with Gasteiger partial charge in [-0.3, -0.25) is 14.3 Å². The maximum atomic E-state index is 13.3. The first kappa shape index (κ1) is 18.0. The Morgan fingerprint density at radius 2 is 2.00 bits per heavy atom. The Labute approximate surface area is 162 Å². The molecule has 0 N–H and O–H groups in total. The van der Waals surface area contributed by atoms with Gasteiger partial charge in [0.1, 0.15) is 5.75 Å². The number of hydrogen-bond donors (Lipinski definition) is 0. The lowest BCUT2D eigenvalue weighted by atomic mass is 9.86. The molecule has 7 nitrogen and oxygen atoms in total. The molecule has 1 aliphatic heterocycles. The van der Waals surface area contributed by atoms with Crippen molar-refractivity contribution in [1.82, 2.24) is 19.2 Å². The SMILES string of the molecule is COc1cc(=O)n(C)cc1C(=O)N1Cc2ccccc2C(c2cnn(C)c2)C1. The van der Waals surface area contributed by atoms with Gasteiger partial charge in [0.05, 0.1) is 18.9 Å². The van der Waals surface area contributed by atoms with Crippen LogP contribution in [-0.4, -0.2) is 38.8 Å². The number of pyridine rings is 1. The van der Waals surface area contributed by atoms with E-state index in [1.807, 2.05) is 36.5 Å². The molecule has 0 fully saturated rings. The van der Waals surface area contributed by atoms with E-state index in [0.29, 0.717) is 24.4 Å². The molecule has 0 saturated heterocycles. The van der Waals surface area contributed by atoms with Crippen LogP contribution in [0.5, 0.6) is 5.75 Å². The fourth-order valence-corrected chi connectivity index (χ4v) is 3.78. The Morgan fingerprint density at radius 1 is 1.21 bits per heavy atom. The average Bonchev–Trinajstić information content (AvgIpc) is 3.14. The Hall–Kier alpha value is -3.35. The zero-order chi connectivity index (χ0) is 19.8. The number of methoxy groups -OCH3 is 1. The minimum absolute atomic E-state index is 0.0427. The van der Waals surface area contributed by atoms with E-state index in [4.69, 9.17) is 4.74 Å². The minimum Gasteiger partial charge on any atom is -0.496 e. The summed E-state index contributed by atoms with van der Waals surface area (Å²) >= 11 is 0. The lowest BCUT2D eigenvalue weighted by Crippen LogP contribution is -2.39. The van der Waals surface area contributed by atoms with Crippen LogP contribution in [0.3, 0.4) is 0 Å². The number of hydrogen-bond acceptors (Lipinski definition) is 4. The first-order valence-corrected chi connectivity index (χ1v) is 9.08. The molecular weight excluding hydrogens is 356 g/mol. The molecule has 28 heavy (non-hydrogen) atoms. The third-order valence-electron chi connectivity index (χ3n) is 5.25. The van der Waals surface area contributed by atoms with Gasteiger partial charge in [-0.25, -0.2) is 0 Å². The van der Waals surface area contributed by atoms with Crippen LogP contribution in [0.1, 0.15) is 33.0 Å². The molecule has 0 saturated carbocycles. The summed E-state index contributed by atoms with van der Waals surface area (Å²) in [6.45, 7) is 1.05. The third-order valence-corrected chi connectivity index (χ3v) is 5.25. The van der Waals surface area contributed by atoms with E-state index in [-0.39, 0.29) is 17.4 Å². The van der Waals surface area contributed by atoms with Crippen molar-refractivity contribution in [2.75, 3.05) is 13.7 Å². The summed E-state index contributed by atoms with van der Waals surface area (Å²) in [5, 5.41) is 4.30. The highest BCUT2D eigenvalue weighted by molar-refractivity contribution is 5.96. The molecule has 2 aromatic heterocycles. The van der Waals surface area contributed by atoms with Crippen molar-refractivity contribution in [3.8, 4) is 5.75 Å². The summed E-state index contributed by atoms with van der Waals surface area (Å²) in [4.78, 5) is 27.1. The maximum absolute atomic E-state index is 13.3. The van der Waals surface area contributed by atoms with E-state index in [2.05, 4.69) is 17.2 Å². The van der Waals surface area contributed by atoms with Crippen molar-refractivity contribution in [1.29, 1.82) is 0 Å². The number of amides is 1. The number of ether oxygens (including phenoxy) is 1. The van der Waals surface area contributed by atoms with Crippen molar-refractivity contribution in [3.63, 3.8) is 0 Å². The van der Waals surface area contributed by atoms with E-state index >= 15 is 0 Å². The summed E-state index contributed by atoms with van der Waals surface area (Å²) in [6.07, 6.45) is 5.38. The van der Waals surface area contributed by atoms with Crippen molar-refractivity contribution >= 4 is 5.91 Å². The number of nitrogens with zero attached hydrogens (tertiary/aromatic N) is 4. The summed E-state index contributed by atoms with van der Waals surface area (Å²) in [6, 6.07) is 9.52. The molecule has 1 amide bonds. The molecular formula is C21H22N4O3. The van der Waals surface area contributed by atoms with Crippen LogP contribution in [0.2, 0.25) is 0 Å². The Balaban J connectivity index is 1.75. The van der Waals surface area contributed by atoms with E-state index in [1.165, 1.54) is 23.3 Å². The van der Waals surface area contributed by atoms with Gasteiger partial charge in [0.25, 0.3) is 11.5 Å². The molecule has 144 valence electrons. The Kier molecular flexibility index (Phi) is 4.50. The zero-order valence-electron chi connectivity index (χ0n) is 16.1.